The predicted molar refractivity (Wildman–Crippen MR) is 59.9 cm³/mol. The molecule has 1 fully saturated rings. The van der Waals surface area contributed by atoms with E-state index in [1.165, 1.54) is 0 Å². The molecule has 0 bridgehead atoms. The summed E-state index contributed by atoms with van der Waals surface area (Å²) in [6, 6.07) is -0.248. The van der Waals surface area contributed by atoms with Crippen LogP contribution in [-0.2, 0) is 14.2 Å². The van der Waals surface area contributed by atoms with Gasteiger partial charge in [-0.2, -0.15) is 0 Å². The molecule has 1 heterocycles. The molecule has 0 aromatic heterocycles. The molecule has 0 saturated carbocycles. The molecule has 1 saturated heterocycles. The molecule has 2 unspecified atom stereocenters. The molecule has 0 aliphatic carbocycles. The van der Waals surface area contributed by atoms with Crippen molar-refractivity contribution >= 4 is 7.85 Å². The molecule has 1 aliphatic heterocycles. The number of hydrogen-bond donors (Lipinski definition) is 3. The Morgan fingerprint density at radius 2 is 2.25 bits per heavy atom. The summed E-state index contributed by atoms with van der Waals surface area (Å²) >= 11 is 0. The van der Waals surface area contributed by atoms with Crippen molar-refractivity contribution in [3.63, 3.8) is 0 Å². The van der Waals surface area contributed by atoms with Gasteiger partial charge in [-0.05, 0) is 0 Å². The van der Waals surface area contributed by atoms with Gasteiger partial charge in [-0.3, -0.25) is 0 Å². The fourth-order valence-electron chi connectivity index (χ4n) is 1.76. The van der Waals surface area contributed by atoms with Crippen molar-refractivity contribution in [2.24, 2.45) is 5.73 Å². The molecule has 0 spiro atoms. The van der Waals surface area contributed by atoms with E-state index in [0.717, 1.165) is 0 Å². The average molecular weight is 233 g/mol. The Hall–Kier alpha value is -0.175. The lowest BCUT2D eigenvalue weighted by atomic mass is 9.93. The third-order valence-corrected chi connectivity index (χ3v) is 2.82. The average Bonchev–Trinajstić information content (AvgIpc) is 2.56. The van der Waals surface area contributed by atoms with E-state index in [0.29, 0.717) is 13.2 Å². The van der Waals surface area contributed by atoms with E-state index in [2.05, 4.69) is 0 Å². The summed E-state index contributed by atoms with van der Waals surface area (Å²) in [6.45, 7) is 0.453. The Morgan fingerprint density at radius 3 is 2.69 bits per heavy atom. The highest BCUT2D eigenvalue weighted by Gasteiger charge is 2.41. The van der Waals surface area contributed by atoms with Gasteiger partial charge in [0.1, 0.15) is 26.2 Å². The summed E-state index contributed by atoms with van der Waals surface area (Å²) < 4.78 is 15.9. The van der Waals surface area contributed by atoms with Crippen molar-refractivity contribution in [3.05, 3.63) is 0 Å². The quantitative estimate of drug-likeness (QED) is 0.425. The van der Waals surface area contributed by atoms with Crippen molar-refractivity contribution in [3.8, 4) is 0 Å². The zero-order chi connectivity index (χ0) is 12.1. The van der Waals surface area contributed by atoms with Crippen LogP contribution in [0.1, 0.15) is 0 Å². The smallest absolute Gasteiger partial charge is 0.142 e. The first-order valence-corrected chi connectivity index (χ1v) is 5.42. The number of methoxy groups -OCH3 is 1. The van der Waals surface area contributed by atoms with Crippen LogP contribution in [0.25, 0.3) is 0 Å². The van der Waals surface area contributed by atoms with Crippen LogP contribution in [-0.4, -0.2) is 75.3 Å². The van der Waals surface area contributed by atoms with Gasteiger partial charge in [-0.15, -0.1) is 0 Å². The molecule has 0 amide bonds. The van der Waals surface area contributed by atoms with E-state index in [9.17, 15) is 5.11 Å². The zero-order valence-corrected chi connectivity index (χ0v) is 9.70. The van der Waals surface area contributed by atoms with Crippen LogP contribution < -0.4 is 5.73 Å². The van der Waals surface area contributed by atoms with Crippen LogP contribution >= 0.6 is 0 Å². The Bertz CT molecular complexity index is 204. The highest BCUT2D eigenvalue weighted by molar-refractivity contribution is 6.11. The van der Waals surface area contributed by atoms with Crippen LogP contribution in [0.15, 0.2) is 0 Å². The molecule has 1 aliphatic rings. The van der Waals surface area contributed by atoms with Crippen LogP contribution in [0.5, 0.6) is 0 Å². The van der Waals surface area contributed by atoms with Crippen LogP contribution in [0.3, 0.4) is 0 Å². The van der Waals surface area contributed by atoms with Crippen molar-refractivity contribution in [2.45, 2.75) is 30.4 Å². The van der Waals surface area contributed by atoms with E-state index in [-0.39, 0.29) is 18.7 Å². The van der Waals surface area contributed by atoms with E-state index < -0.39 is 18.3 Å². The van der Waals surface area contributed by atoms with E-state index in [1.54, 1.807) is 15.0 Å². The fraction of sp³-hybridized carbons (Fsp3) is 1.00. The molecule has 5 atom stereocenters. The van der Waals surface area contributed by atoms with Crippen LogP contribution in [0.2, 0.25) is 0 Å². The summed E-state index contributed by atoms with van der Waals surface area (Å²) in [5.41, 5.74) is 5.45. The van der Waals surface area contributed by atoms with E-state index in [4.69, 9.17) is 25.1 Å². The minimum absolute atomic E-state index is 0.187. The maximum atomic E-state index is 9.80. The first-order chi connectivity index (χ1) is 7.63. The molecule has 0 aromatic rings. The van der Waals surface area contributed by atoms with Gasteiger partial charge in [-0.1, -0.05) is 0 Å². The molecular formula is C9H20BNO5. The Balaban J connectivity index is 2.41. The first kappa shape index (κ1) is 13.9. The summed E-state index contributed by atoms with van der Waals surface area (Å²) in [6.07, 6.45) is -2.01. The van der Waals surface area contributed by atoms with Gasteiger partial charge in [0.05, 0.1) is 25.3 Å². The van der Waals surface area contributed by atoms with Gasteiger partial charge in [-0.25, -0.2) is 0 Å². The Kier molecular flexibility index (Phi) is 5.67. The highest BCUT2D eigenvalue weighted by atomic mass is 16.6. The number of ether oxygens (including phenoxy) is 3. The fourth-order valence-corrected chi connectivity index (χ4v) is 1.76. The molecule has 4 N–H and O–H groups in total. The van der Waals surface area contributed by atoms with Crippen LogP contribution in [0, 0.1) is 0 Å². The summed E-state index contributed by atoms with van der Waals surface area (Å²) in [5.74, 6) is 0. The normalized spacial score (nSPS) is 36.5. The number of hydrogen-bond acceptors (Lipinski definition) is 6. The second-order valence-corrected chi connectivity index (χ2v) is 3.94. The molecule has 6 nitrogen and oxygen atoms in total. The number of aliphatic hydroxyl groups is 2. The highest BCUT2D eigenvalue weighted by Crippen LogP contribution is 2.22. The first-order valence-electron chi connectivity index (χ1n) is 5.42. The number of nitrogens with two attached hydrogens (primary N) is 1. The zero-order valence-electron chi connectivity index (χ0n) is 9.70. The van der Waals surface area contributed by atoms with Crippen LogP contribution in [0.4, 0.5) is 0 Å². The maximum Gasteiger partial charge on any atom is 0.142 e. The lowest BCUT2D eigenvalue weighted by Gasteiger charge is -2.21. The lowest BCUT2D eigenvalue weighted by molar-refractivity contribution is -0.0632. The standard InChI is InChI=1S/C9H20BNO5/c1-14-5(2-11)4-15-8-7(13)6(3-12)16-9(8)10/h5-9,12-13H,2-4,10-11H2,1H3/t5?,6-,7?,8+,9-/m1/s1. The predicted octanol–water partition coefficient (Wildman–Crippen LogP) is -2.94. The topological polar surface area (TPSA) is 94.2 Å². The van der Waals surface area contributed by atoms with E-state index >= 15 is 0 Å². The van der Waals surface area contributed by atoms with Gasteiger partial charge in [0.15, 0.2) is 0 Å². The van der Waals surface area contributed by atoms with Gasteiger partial charge in [0, 0.05) is 13.7 Å². The minimum atomic E-state index is -0.810. The molecule has 16 heavy (non-hydrogen) atoms. The minimum Gasteiger partial charge on any atom is -0.394 e. The second-order valence-electron chi connectivity index (χ2n) is 3.94. The van der Waals surface area contributed by atoms with Crippen molar-refractivity contribution in [1.82, 2.24) is 0 Å². The maximum absolute atomic E-state index is 9.80. The number of rotatable bonds is 6. The third kappa shape index (κ3) is 3.16. The monoisotopic (exact) mass is 233 g/mol. The molecule has 0 aromatic carbocycles. The molecular weight excluding hydrogens is 213 g/mol. The van der Waals surface area contributed by atoms with Crippen molar-refractivity contribution in [2.75, 3.05) is 26.9 Å². The SMILES string of the molecule is B[C@@H]1O[C@H](CO)C(O)[C@@H]1OCC(CN)OC. The van der Waals surface area contributed by atoms with Gasteiger partial charge < -0.3 is 30.2 Å². The van der Waals surface area contributed by atoms with Gasteiger partial charge in [0.25, 0.3) is 0 Å². The third-order valence-electron chi connectivity index (χ3n) is 2.82. The Morgan fingerprint density at radius 1 is 1.56 bits per heavy atom. The molecule has 94 valence electrons. The molecule has 7 heteroatoms. The molecule has 1 rings (SSSR count). The summed E-state index contributed by atoms with van der Waals surface area (Å²) in [4.78, 5) is 0. The number of aliphatic hydroxyl groups excluding tert-OH is 2. The largest absolute Gasteiger partial charge is 0.394 e. The molecule has 0 radical (unpaired) electrons. The van der Waals surface area contributed by atoms with Gasteiger partial charge in [0.2, 0.25) is 0 Å². The van der Waals surface area contributed by atoms with Crippen molar-refractivity contribution in [1.29, 1.82) is 0 Å². The van der Waals surface area contributed by atoms with Crippen molar-refractivity contribution < 1.29 is 24.4 Å². The Labute approximate surface area is 96.1 Å². The summed E-state index contributed by atoms with van der Waals surface area (Å²) in [7, 11) is 3.36. The second kappa shape index (κ2) is 6.53. The van der Waals surface area contributed by atoms with E-state index in [1.807, 2.05) is 0 Å². The lowest BCUT2D eigenvalue weighted by Crippen LogP contribution is -2.39. The van der Waals surface area contributed by atoms with Gasteiger partial charge >= 0.3 is 0 Å². The summed E-state index contributed by atoms with van der Waals surface area (Å²) in [5, 5.41) is 18.8.